The van der Waals surface area contributed by atoms with E-state index in [0.717, 1.165) is 23.3 Å². The van der Waals surface area contributed by atoms with Crippen LogP contribution in [0, 0.1) is 5.92 Å². The summed E-state index contributed by atoms with van der Waals surface area (Å²) in [6.07, 6.45) is 4.90. The summed E-state index contributed by atoms with van der Waals surface area (Å²) in [4.78, 5) is 14.2. The van der Waals surface area contributed by atoms with Crippen molar-refractivity contribution in [2.45, 2.75) is 26.2 Å². The zero-order valence-electron chi connectivity index (χ0n) is 12.4. The molecule has 3 rings (SSSR count). The van der Waals surface area contributed by atoms with Gasteiger partial charge in [0.1, 0.15) is 5.75 Å². The highest BCUT2D eigenvalue weighted by atomic mass is 32.1. The SMILES string of the molecule is CC1CCc2sc(C(=O)N/N=C/c3ccc(O)cc3)cc2C1. The summed E-state index contributed by atoms with van der Waals surface area (Å²) in [7, 11) is 0. The third-order valence-electron chi connectivity index (χ3n) is 3.83. The first-order valence-electron chi connectivity index (χ1n) is 7.36. The Morgan fingerprint density at radius 3 is 2.95 bits per heavy atom. The van der Waals surface area contributed by atoms with Crippen LogP contribution in [0.15, 0.2) is 35.4 Å². The number of hydrazone groups is 1. The molecule has 1 aliphatic carbocycles. The topological polar surface area (TPSA) is 61.7 Å². The number of phenolic OH excluding ortho intramolecular Hbond substituents is 1. The van der Waals surface area contributed by atoms with Crippen molar-refractivity contribution in [3.8, 4) is 5.75 Å². The van der Waals surface area contributed by atoms with Crippen molar-refractivity contribution in [2.75, 3.05) is 0 Å². The molecule has 1 aromatic carbocycles. The number of hydrogen-bond donors (Lipinski definition) is 2. The Morgan fingerprint density at radius 2 is 2.18 bits per heavy atom. The Kier molecular flexibility index (Phi) is 4.24. The zero-order chi connectivity index (χ0) is 15.5. The molecule has 4 nitrogen and oxygen atoms in total. The van der Waals surface area contributed by atoms with Gasteiger partial charge in [0.2, 0.25) is 0 Å². The molecule has 1 atom stereocenters. The van der Waals surface area contributed by atoms with Crippen LogP contribution in [0.25, 0.3) is 0 Å². The fraction of sp³-hybridized carbons (Fsp3) is 0.294. The van der Waals surface area contributed by atoms with E-state index < -0.39 is 0 Å². The first-order valence-corrected chi connectivity index (χ1v) is 8.17. The number of hydrogen-bond acceptors (Lipinski definition) is 4. The fourth-order valence-corrected chi connectivity index (χ4v) is 3.70. The minimum absolute atomic E-state index is 0.165. The molecule has 0 radical (unpaired) electrons. The Labute approximate surface area is 133 Å². The Bertz CT molecular complexity index is 704. The van der Waals surface area contributed by atoms with Gasteiger partial charge in [0.25, 0.3) is 5.91 Å². The minimum Gasteiger partial charge on any atom is -0.508 e. The van der Waals surface area contributed by atoms with Crippen molar-refractivity contribution >= 4 is 23.5 Å². The van der Waals surface area contributed by atoms with Crippen molar-refractivity contribution in [2.24, 2.45) is 11.0 Å². The summed E-state index contributed by atoms with van der Waals surface area (Å²) in [6, 6.07) is 8.63. The van der Waals surface area contributed by atoms with Crippen molar-refractivity contribution in [3.63, 3.8) is 0 Å². The maximum absolute atomic E-state index is 12.1. The van der Waals surface area contributed by atoms with Crippen LogP contribution in [-0.4, -0.2) is 17.2 Å². The molecular weight excluding hydrogens is 296 g/mol. The molecule has 0 aliphatic heterocycles. The van der Waals surface area contributed by atoms with E-state index in [1.165, 1.54) is 16.9 Å². The van der Waals surface area contributed by atoms with E-state index in [-0.39, 0.29) is 11.7 Å². The van der Waals surface area contributed by atoms with Crippen LogP contribution in [-0.2, 0) is 12.8 Å². The lowest BCUT2D eigenvalue weighted by Gasteiger charge is -2.16. The lowest BCUT2D eigenvalue weighted by molar-refractivity contribution is 0.0959. The van der Waals surface area contributed by atoms with Crippen LogP contribution >= 0.6 is 11.3 Å². The number of amides is 1. The van der Waals surface area contributed by atoms with E-state index in [1.54, 1.807) is 41.8 Å². The molecule has 5 heteroatoms. The molecule has 1 aliphatic rings. The van der Waals surface area contributed by atoms with Gasteiger partial charge in [-0.15, -0.1) is 11.3 Å². The molecular formula is C17H18N2O2S. The number of carbonyl (C=O) groups is 1. The molecule has 22 heavy (non-hydrogen) atoms. The predicted molar refractivity (Wildman–Crippen MR) is 88.7 cm³/mol. The molecule has 2 N–H and O–H groups in total. The third kappa shape index (κ3) is 3.36. The van der Waals surface area contributed by atoms with Gasteiger partial charge in [-0.25, -0.2) is 5.43 Å². The van der Waals surface area contributed by atoms with Crippen LogP contribution < -0.4 is 5.43 Å². The molecule has 1 unspecified atom stereocenters. The van der Waals surface area contributed by atoms with Gasteiger partial charge >= 0.3 is 0 Å². The smallest absolute Gasteiger partial charge is 0.281 e. The number of fused-ring (bicyclic) bond motifs is 1. The molecule has 0 saturated carbocycles. The summed E-state index contributed by atoms with van der Waals surface area (Å²) in [5.74, 6) is 0.743. The van der Waals surface area contributed by atoms with E-state index >= 15 is 0 Å². The first-order chi connectivity index (χ1) is 10.6. The lowest BCUT2D eigenvalue weighted by Crippen LogP contribution is -2.16. The molecule has 0 bridgehead atoms. The average Bonchev–Trinajstić information content (AvgIpc) is 2.92. The Hall–Kier alpha value is -2.14. The second-order valence-electron chi connectivity index (χ2n) is 5.70. The highest BCUT2D eigenvalue weighted by Crippen LogP contribution is 2.32. The van der Waals surface area contributed by atoms with E-state index in [9.17, 15) is 9.90 Å². The van der Waals surface area contributed by atoms with Crippen LogP contribution in [0.4, 0.5) is 0 Å². The van der Waals surface area contributed by atoms with Gasteiger partial charge < -0.3 is 5.11 Å². The number of aryl methyl sites for hydroxylation is 1. The molecule has 1 heterocycles. The largest absolute Gasteiger partial charge is 0.508 e. The van der Waals surface area contributed by atoms with E-state index in [4.69, 9.17) is 0 Å². The molecule has 0 fully saturated rings. The van der Waals surface area contributed by atoms with Gasteiger partial charge in [-0.3, -0.25) is 4.79 Å². The van der Waals surface area contributed by atoms with Gasteiger partial charge in [-0.05, 0) is 66.6 Å². The van der Waals surface area contributed by atoms with E-state index in [0.29, 0.717) is 5.92 Å². The maximum Gasteiger partial charge on any atom is 0.281 e. The minimum atomic E-state index is -0.165. The number of thiophene rings is 1. The standard InChI is InChI=1S/C17H18N2O2S/c1-11-2-7-15-13(8-11)9-16(22-15)17(21)19-18-10-12-3-5-14(20)6-4-12/h3-6,9-11,20H,2,7-8H2,1H3,(H,19,21)/b18-10+. The lowest BCUT2D eigenvalue weighted by atomic mass is 9.90. The van der Waals surface area contributed by atoms with Crippen molar-refractivity contribution in [3.05, 3.63) is 51.2 Å². The summed E-state index contributed by atoms with van der Waals surface area (Å²) in [5.41, 5.74) is 4.69. The highest BCUT2D eigenvalue weighted by molar-refractivity contribution is 7.14. The Morgan fingerprint density at radius 1 is 1.41 bits per heavy atom. The van der Waals surface area contributed by atoms with E-state index in [2.05, 4.69) is 17.5 Å². The van der Waals surface area contributed by atoms with Crippen LogP contribution in [0.3, 0.4) is 0 Å². The molecule has 1 aromatic heterocycles. The van der Waals surface area contributed by atoms with Crippen molar-refractivity contribution < 1.29 is 9.90 Å². The molecule has 2 aromatic rings. The predicted octanol–water partition coefficient (Wildman–Crippen LogP) is 3.34. The summed E-state index contributed by atoms with van der Waals surface area (Å²) in [5, 5.41) is 13.2. The number of nitrogens with one attached hydrogen (secondary N) is 1. The normalized spacial score (nSPS) is 17.4. The van der Waals surface area contributed by atoms with Crippen LogP contribution in [0.5, 0.6) is 5.75 Å². The molecule has 1 amide bonds. The fourth-order valence-electron chi connectivity index (χ4n) is 2.60. The highest BCUT2D eigenvalue weighted by Gasteiger charge is 2.20. The summed E-state index contributed by atoms with van der Waals surface area (Å²) in [6.45, 7) is 2.25. The number of benzene rings is 1. The van der Waals surface area contributed by atoms with Crippen molar-refractivity contribution in [1.29, 1.82) is 0 Å². The average molecular weight is 314 g/mol. The zero-order valence-corrected chi connectivity index (χ0v) is 13.2. The maximum atomic E-state index is 12.1. The van der Waals surface area contributed by atoms with Crippen LogP contribution in [0.1, 0.15) is 39.0 Å². The quantitative estimate of drug-likeness (QED) is 0.674. The van der Waals surface area contributed by atoms with Gasteiger partial charge in [0.15, 0.2) is 0 Å². The van der Waals surface area contributed by atoms with E-state index in [1.807, 2.05) is 6.07 Å². The Balaban J connectivity index is 1.64. The number of aromatic hydroxyl groups is 1. The van der Waals surface area contributed by atoms with Gasteiger partial charge in [0, 0.05) is 4.88 Å². The number of phenols is 1. The molecule has 0 saturated heterocycles. The summed E-state index contributed by atoms with van der Waals surface area (Å²) >= 11 is 1.57. The van der Waals surface area contributed by atoms with Crippen LogP contribution in [0.2, 0.25) is 0 Å². The molecule has 114 valence electrons. The van der Waals surface area contributed by atoms with Gasteiger partial charge in [-0.1, -0.05) is 6.92 Å². The monoisotopic (exact) mass is 314 g/mol. The number of rotatable bonds is 3. The number of carbonyl (C=O) groups excluding carboxylic acids is 1. The number of nitrogens with zero attached hydrogens (tertiary/aromatic N) is 1. The first kappa shape index (κ1) is 14.8. The van der Waals surface area contributed by atoms with Gasteiger partial charge in [0.05, 0.1) is 11.1 Å². The second-order valence-corrected chi connectivity index (χ2v) is 6.83. The second kappa shape index (κ2) is 6.32. The van der Waals surface area contributed by atoms with Gasteiger partial charge in [-0.2, -0.15) is 5.10 Å². The molecule has 0 spiro atoms. The van der Waals surface area contributed by atoms with Crippen molar-refractivity contribution in [1.82, 2.24) is 5.43 Å². The third-order valence-corrected chi connectivity index (χ3v) is 5.06. The summed E-state index contributed by atoms with van der Waals surface area (Å²) < 4.78 is 0.